The van der Waals surface area contributed by atoms with Gasteiger partial charge in [0, 0.05) is 25.1 Å². The molecule has 1 aromatic heterocycles. The molecule has 2 aromatic rings. The molecular formula is C26H36N5O4+. The molecule has 3 amide bonds. The minimum Gasteiger partial charge on any atom is -0.508 e. The average Bonchev–Trinajstić information content (AvgIpc) is 2.87. The molecule has 0 atom stereocenters. The van der Waals surface area contributed by atoms with E-state index in [1.165, 1.54) is 17.7 Å². The molecule has 0 aliphatic heterocycles. The molecule has 5 N–H and O–H groups in total. The van der Waals surface area contributed by atoms with Crippen LogP contribution in [0.3, 0.4) is 0 Å². The van der Waals surface area contributed by atoms with E-state index in [0.29, 0.717) is 36.7 Å². The summed E-state index contributed by atoms with van der Waals surface area (Å²) < 4.78 is 2.04. The first-order valence-electron chi connectivity index (χ1n) is 11.9. The number of anilines is 1. The second-order valence-corrected chi connectivity index (χ2v) is 8.15. The van der Waals surface area contributed by atoms with Crippen LogP contribution < -0.4 is 26.1 Å². The highest BCUT2D eigenvalue weighted by Crippen LogP contribution is 2.23. The van der Waals surface area contributed by atoms with Crippen LogP contribution in [0, 0.1) is 0 Å². The van der Waals surface area contributed by atoms with E-state index in [0.717, 1.165) is 12.8 Å². The number of aromatic hydroxyl groups is 1. The predicted octanol–water partition coefficient (Wildman–Crippen LogP) is 2.08. The second kappa shape index (κ2) is 14.4. The molecule has 0 aliphatic carbocycles. The van der Waals surface area contributed by atoms with Crippen molar-refractivity contribution in [2.75, 3.05) is 18.5 Å². The molecule has 1 aromatic carbocycles. The molecule has 0 unspecified atom stereocenters. The standard InChI is InChI=1S/C26H35N5O4/c1-4-13-28-25(34)26(35)30-29-22-8-9-23(32)21(18-22)7-10-24(33)27-14-17-31-15-11-20(12-16-31)19(5-2)6-3/h4,8-9,11-12,15-16,18-19H,1,5-7,10,13-14,17H2,2-3H3,(H4-,27,28,29,30,32,33,34,35)/p+1. The van der Waals surface area contributed by atoms with Crippen molar-refractivity contribution < 1.29 is 24.1 Å². The number of rotatable bonds is 13. The van der Waals surface area contributed by atoms with Crippen LogP contribution in [0.15, 0.2) is 55.4 Å². The maximum Gasteiger partial charge on any atom is 0.327 e. The molecule has 0 fully saturated rings. The zero-order chi connectivity index (χ0) is 25.6. The number of aryl methyl sites for hydroxylation is 1. The fraction of sp³-hybridized carbons (Fsp3) is 0.385. The van der Waals surface area contributed by atoms with Gasteiger partial charge in [-0.2, -0.15) is 0 Å². The SMILES string of the molecule is C=CCNC(=O)C(=O)NNc1ccc(O)c(CCC(=O)NCC[n+]2ccc(C(CC)CC)cc2)c1. The number of carbonyl (C=O) groups excluding carboxylic acids is 3. The number of nitrogens with one attached hydrogen (secondary N) is 4. The van der Waals surface area contributed by atoms with E-state index < -0.39 is 11.8 Å². The minimum atomic E-state index is -0.857. The minimum absolute atomic E-state index is 0.0477. The van der Waals surface area contributed by atoms with E-state index in [1.54, 1.807) is 12.1 Å². The smallest absolute Gasteiger partial charge is 0.327 e. The van der Waals surface area contributed by atoms with Gasteiger partial charge in [-0.1, -0.05) is 19.9 Å². The molecule has 9 heteroatoms. The average molecular weight is 483 g/mol. The van der Waals surface area contributed by atoms with E-state index in [4.69, 9.17) is 0 Å². The fourth-order valence-electron chi connectivity index (χ4n) is 3.61. The summed E-state index contributed by atoms with van der Waals surface area (Å²) in [7, 11) is 0. The Hall–Kier alpha value is -3.88. The molecule has 2 rings (SSSR count). The molecule has 1 heterocycles. The molecule has 188 valence electrons. The van der Waals surface area contributed by atoms with Gasteiger partial charge in [0.25, 0.3) is 0 Å². The largest absolute Gasteiger partial charge is 0.508 e. The highest BCUT2D eigenvalue weighted by atomic mass is 16.3. The lowest BCUT2D eigenvalue weighted by Crippen LogP contribution is -2.42. The number of hydrazine groups is 1. The van der Waals surface area contributed by atoms with Crippen molar-refractivity contribution in [3.8, 4) is 5.75 Å². The third-order valence-electron chi connectivity index (χ3n) is 5.70. The lowest BCUT2D eigenvalue weighted by Gasteiger charge is -2.11. The number of phenolic OH excluding ortho intramolecular Hbond substituents is 1. The Balaban J connectivity index is 1.78. The van der Waals surface area contributed by atoms with Crippen molar-refractivity contribution >= 4 is 23.4 Å². The van der Waals surface area contributed by atoms with E-state index in [-0.39, 0.29) is 24.6 Å². The molecule has 0 saturated heterocycles. The molecule has 0 aliphatic rings. The van der Waals surface area contributed by atoms with Gasteiger partial charge >= 0.3 is 11.8 Å². The highest BCUT2D eigenvalue weighted by molar-refractivity contribution is 6.35. The summed E-state index contributed by atoms with van der Waals surface area (Å²) in [6.45, 7) is 9.20. The summed E-state index contributed by atoms with van der Waals surface area (Å²) in [6, 6.07) is 8.90. The number of nitrogens with zero attached hydrogens (tertiary/aromatic N) is 1. The van der Waals surface area contributed by atoms with Gasteiger partial charge in [-0.05, 0) is 54.5 Å². The summed E-state index contributed by atoms with van der Waals surface area (Å²) >= 11 is 0. The van der Waals surface area contributed by atoms with Crippen LogP contribution in [0.1, 0.15) is 50.2 Å². The van der Waals surface area contributed by atoms with Gasteiger partial charge in [-0.3, -0.25) is 25.2 Å². The first kappa shape index (κ1) is 27.4. The summed E-state index contributed by atoms with van der Waals surface area (Å²) in [5.74, 6) is -1.15. The number of pyridine rings is 1. The van der Waals surface area contributed by atoms with Crippen molar-refractivity contribution in [1.29, 1.82) is 0 Å². The number of hydrogen-bond donors (Lipinski definition) is 5. The van der Waals surface area contributed by atoms with Gasteiger partial charge in [0.2, 0.25) is 5.91 Å². The van der Waals surface area contributed by atoms with Crippen molar-refractivity contribution in [1.82, 2.24) is 16.1 Å². The van der Waals surface area contributed by atoms with Gasteiger partial charge in [-0.25, -0.2) is 4.57 Å². The number of carbonyl (C=O) groups is 3. The Morgan fingerprint density at radius 3 is 2.43 bits per heavy atom. The summed E-state index contributed by atoms with van der Waals surface area (Å²) in [4.78, 5) is 35.6. The molecular weight excluding hydrogens is 446 g/mol. The van der Waals surface area contributed by atoms with Crippen LogP contribution in [-0.4, -0.2) is 35.9 Å². The Bertz CT molecular complexity index is 1000. The Kier molecular flexibility index (Phi) is 11.3. The lowest BCUT2D eigenvalue weighted by molar-refractivity contribution is -0.695. The molecule has 35 heavy (non-hydrogen) atoms. The van der Waals surface area contributed by atoms with Crippen LogP contribution in [0.5, 0.6) is 5.75 Å². The zero-order valence-corrected chi connectivity index (χ0v) is 20.5. The monoisotopic (exact) mass is 482 g/mol. The van der Waals surface area contributed by atoms with Crippen molar-refractivity contribution in [3.63, 3.8) is 0 Å². The van der Waals surface area contributed by atoms with Gasteiger partial charge in [-0.15, -0.1) is 6.58 Å². The number of aromatic nitrogens is 1. The van der Waals surface area contributed by atoms with Crippen LogP contribution in [0.2, 0.25) is 0 Å². The third-order valence-corrected chi connectivity index (χ3v) is 5.70. The third kappa shape index (κ3) is 9.11. The Morgan fingerprint density at radius 1 is 1.06 bits per heavy atom. The topological polar surface area (TPSA) is 123 Å². The van der Waals surface area contributed by atoms with Crippen LogP contribution in [0.25, 0.3) is 0 Å². The van der Waals surface area contributed by atoms with Crippen LogP contribution in [-0.2, 0) is 27.3 Å². The number of hydrogen-bond acceptors (Lipinski definition) is 5. The van der Waals surface area contributed by atoms with Gasteiger partial charge < -0.3 is 15.7 Å². The van der Waals surface area contributed by atoms with E-state index in [1.807, 2.05) is 17.0 Å². The van der Waals surface area contributed by atoms with E-state index >= 15 is 0 Å². The molecule has 9 nitrogen and oxygen atoms in total. The fourth-order valence-corrected chi connectivity index (χ4v) is 3.61. The summed E-state index contributed by atoms with van der Waals surface area (Å²) in [5.41, 5.74) is 7.25. The maximum atomic E-state index is 12.3. The van der Waals surface area contributed by atoms with E-state index in [9.17, 15) is 19.5 Å². The molecule has 0 radical (unpaired) electrons. The van der Waals surface area contributed by atoms with Gasteiger partial charge in [0.1, 0.15) is 5.75 Å². The summed E-state index contributed by atoms with van der Waals surface area (Å²) in [6.07, 6.45) is 8.30. The maximum absolute atomic E-state index is 12.3. The number of phenols is 1. The second-order valence-electron chi connectivity index (χ2n) is 8.15. The first-order valence-corrected chi connectivity index (χ1v) is 11.9. The zero-order valence-electron chi connectivity index (χ0n) is 20.5. The Labute approximate surface area is 206 Å². The number of amides is 3. The van der Waals surface area contributed by atoms with Crippen LogP contribution in [0.4, 0.5) is 5.69 Å². The van der Waals surface area contributed by atoms with Gasteiger partial charge in [0.15, 0.2) is 18.9 Å². The van der Waals surface area contributed by atoms with Gasteiger partial charge in [0.05, 0.1) is 12.2 Å². The molecule has 0 saturated carbocycles. The molecule has 0 spiro atoms. The quantitative estimate of drug-likeness (QED) is 0.0983. The van der Waals surface area contributed by atoms with Crippen molar-refractivity contribution in [2.24, 2.45) is 0 Å². The lowest BCUT2D eigenvalue weighted by atomic mass is 9.95. The first-order chi connectivity index (χ1) is 16.9. The highest BCUT2D eigenvalue weighted by Gasteiger charge is 2.13. The van der Waals surface area contributed by atoms with Crippen molar-refractivity contribution in [3.05, 3.63) is 66.5 Å². The van der Waals surface area contributed by atoms with E-state index in [2.05, 4.69) is 54.0 Å². The number of benzene rings is 1. The van der Waals surface area contributed by atoms with Crippen LogP contribution >= 0.6 is 0 Å². The normalized spacial score (nSPS) is 10.5. The Morgan fingerprint density at radius 2 is 1.77 bits per heavy atom. The van der Waals surface area contributed by atoms with Crippen molar-refractivity contribution in [2.45, 2.75) is 52.0 Å². The summed E-state index contributed by atoms with van der Waals surface area (Å²) in [5, 5.41) is 15.4. The molecule has 0 bridgehead atoms. The predicted molar refractivity (Wildman–Crippen MR) is 134 cm³/mol.